The van der Waals surface area contributed by atoms with Crippen molar-refractivity contribution in [2.45, 2.75) is 6.92 Å². The van der Waals surface area contributed by atoms with Crippen molar-refractivity contribution >= 4 is 23.0 Å². The van der Waals surface area contributed by atoms with E-state index in [0.717, 1.165) is 23.0 Å². The third-order valence-corrected chi connectivity index (χ3v) is 0.968. The van der Waals surface area contributed by atoms with Crippen molar-refractivity contribution in [1.82, 2.24) is 0 Å². The minimum atomic E-state index is 1.08. The van der Waals surface area contributed by atoms with Crippen molar-refractivity contribution in [1.29, 1.82) is 0 Å². The Balaban J connectivity index is 2.83. The molecule has 0 aromatic carbocycles. The molecule has 0 saturated heterocycles. The van der Waals surface area contributed by atoms with Gasteiger partial charge in [-0.05, 0) is 0 Å². The van der Waals surface area contributed by atoms with Gasteiger partial charge in [-0.1, -0.05) is 0 Å². The molecule has 1 heteroatoms. The van der Waals surface area contributed by atoms with Crippen molar-refractivity contribution in [3.05, 3.63) is 0 Å². The number of hydrogen-bond donors (Lipinski definition) is 0. The Kier molecular flexibility index (Phi) is 3.70. The SMILES string of the molecule is CC#[C][SbH2]. The average Bonchev–Trinajstić information content (AvgIpc) is 1.37. The van der Waals surface area contributed by atoms with E-state index in [1.807, 2.05) is 6.92 Å². The van der Waals surface area contributed by atoms with E-state index in [-0.39, 0.29) is 0 Å². The predicted octanol–water partition coefficient (Wildman–Crippen LogP) is -0.400. The molecule has 0 aliphatic rings. The Labute approximate surface area is 40.1 Å². The van der Waals surface area contributed by atoms with Crippen molar-refractivity contribution in [3.8, 4) is 9.79 Å². The monoisotopic (exact) mass is 162 g/mol. The minimum absolute atomic E-state index is 1.08. The van der Waals surface area contributed by atoms with Crippen LogP contribution in [0.5, 0.6) is 0 Å². The van der Waals surface area contributed by atoms with Crippen LogP contribution >= 0.6 is 0 Å². The van der Waals surface area contributed by atoms with Crippen molar-refractivity contribution in [2.24, 2.45) is 0 Å². The molecule has 0 nitrogen and oxygen atoms in total. The predicted molar refractivity (Wildman–Crippen MR) is 22.0 cm³/mol. The first-order valence-electron chi connectivity index (χ1n) is 1.04. The molecule has 0 atom stereocenters. The van der Waals surface area contributed by atoms with Gasteiger partial charge < -0.3 is 0 Å². The second-order valence-electron chi connectivity index (χ2n) is 0.394. The van der Waals surface area contributed by atoms with Crippen LogP contribution in [0.15, 0.2) is 0 Å². The van der Waals surface area contributed by atoms with Gasteiger partial charge in [-0.3, -0.25) is 0 Å². The summed E-state index contributed by atoms with van der Waals surface area (Å²) in [6.45, 7) is 1.85. The van der Waals surface area contributed by atoms with Crippen LogP contribution < -0.4 is 0 Å². The molecular weight excluding hydrogens is 158 g/mol. The van der Waals surface area contributed by atoms with E-state index in [0.29, 0.717) is 0 Å². The number of hydrogen-bond acceptors (Lipinski definition) is 0. The standard InChI is InChI=1S/C3H3.Sb.2H/c1-3-2;;;/h1H3;;;. The maximum atomic E-state index is 2.81. The fourth-order valence-electron chi connectivity index (χ4n) is 0. The zero-order valence-corrected chi connectivity index (χ0v) is 5.87. The Bertz CT molecular complexity index is 40.0. The van der Waals surface area contributed by atoms with Crippen molar-refractivity contribution < 1.29 is 0 Å². The van der Waals surface area contributed by atoms with Crippen LogP contribution in [0.1, 0.15) is 6.92 Å². The summed E-state index contributed by atoms with van der Waals surface area (Å²) < 4.78 is 2.81. The van der Waals surface area contributed by atoms with Gasteiger partial charge in [0, 0.05) is 0 Å². The summed E-state index contributed by atoms with van der Waals surface area (Å²) in [7, 11) is 0. The summed E-state index contributed by atoms with van der Waals surface area (Å²) in [5, 5.41) is 0. The van der Waals surface area contributed by atoms with Gasteiger partial charge in [0.1, 0.15) is 0 Å². The molecule has 0 aliphatic carbocycles. The van der Waals surface area contributed by atoms with E-state index >= 15 is 0 Å². The summed E-state index contributed by atoms with van der Waals surface area (Å²) in [4.78, 5) is 0. The Morgan fingerprint density at radius 3 is 2.00 bits per heavy atom. The van der Waals surface area contributed by atoms with E-state index < -0.39 is 0 Å². The third kappa shape index (κ3) is 2.38. The molecule has 0 radical (unpaired) electrons. The molecule has 0 heterocycles. The second-order valence-corrected chi connectivity index (χ2v) is 1.22. The van der Waals surface area contributed by atoms with Crippen LogP contribution in [-0.2, 0) is 0 Å². The molecule has 0 rings (SSSR count). The van der Waals surface area contributed by atoms with Crippen LogP contribution in [0.4, 0.5) is 0 Å². The normalized spacial score (nSPS) is 3.50. The Hall–Kier alpha value is 0.378. The second kappa shape index (κ2) is 3.38. The zero-order chi connectivity index (χ0) is 3.41. The fraction of sp³-hybridized carbons (Fsp3) is 0.333. The van der Waals surface area contributed by atoms with Crippen LogP contribution in [0.3, 0.4) is 0 Å². The van der Waals surface area contributed by atoms with Gasteiger partial charge in [0.25, 0.3) is 0 Å². The van der Waals surface area contributed by atoms with Crippen LogP contribution in [-0.4, -0.2) is 23.0 Å². The first-order chi connectivity index (χ1) is 1.91. The molecule has 0 N–H and O–H groups in total. The van der Waals surface area contributed by atoms with E-state index in [1.54, 1.807) is 0 Å². The van der Waals surface area contributed by atoms with Gasteiger partial charge in [-0.15, -0.1) is 0 Å². The van der Waals surface area contributed by atoms with Crippen LogP contribution in [0.25, 0.3) is 0 Å². The summed E-state index contributed by atoms with van der Waals surface area (Å²) >= 11 is 1.08. The van der Waals surface area contributed by atoms with Gasteiger partial charge in [-0.25, -0.2) is 0 Å². The van der Waals surface area contributed by atoms with E-state index in [9.17, 15) is 0 Å². The summed E-state index contributed by atoms with van der Waals surface area (Å²) in [5.74, 6) is 2.74. The number of rotatable bonds is 0. The molecule has 0 aromatic heterocycles. The van der Waals surface area contributed by atoms with Gasteiger partial charge in [0.05, 0.1) is 0 Å². The third-order valence-electron chi connectivity index (χ3n) is 0.144. The average molecular weight is 163 g/mol. The fourth-order valence-corrected chi connectivity index (χ4v) is 0. The van der Waals surface area contributed by atoms with Gasteiger partial charge >= 0.3 is 39.7 Å². The quantitative estimate of drug-likeness (QED) is 0.336. The summed E-state index contributed by atoms with van der Waals surface area (Å²) in [6, 6.07) is 0. The van der Waals surface area contributed by atoms with E-state index in [1.165, 1.54) is 0 Å². The van der Waals surface area contributed by atoms with Crippen LogP contribution in [0, 0.1) is 9.79 Å². The van der Waals surface area contributed by atoms with E-state index in [2.05, 4.69) is 9.79 Å². The summed E-state index contributed by atoms with van der Waals surface area (Å²) in [5.41, 5.74) is 0. The molecule has 0 amide bonds. The Morgan fingerprint density at radius 2 is 2.00 bits per heavy atom. The molecule has 0 fully saturated rings. The zero-order valence-electron chi connectivity index (χ0n) is 2.58. The molecule has 0 saturated carbocycles. The molecule has 0 unspecified atom stereocenters. The topological polar surface area (TPSA) is 0 Å². The first kappa shape index (κ1) is 4.38. The molecule has 0 aliphatic heterocycles. The maximum absolute atomic E-state index is 2.81. The molecule has 0 bridgehead atoms. The van der Waals surface area contributed by atoms with Crippen molar-refractivity contribution in [3.63, 3.8) is 0 Å². The van der Waals surface area contributed by atoms with E-state index in [4.69, 9.17) is 0 Å². The van der Waals surface area contributed by atoms with Crippen LogP contribution in [0.2, 0.25) is 0 Å². The van der Waals surface area contributed by atoms with Crippen molar-refractivity contribution in [2.75, 3.05) is 0 Å². The molecular formula is C3H5Sb. The van der Waals surface area contributed by atoms with Gasteiger partial charge in [0.15, 0.2) is 0 Å². The molecule has 22 valence electrons. The molecule has 4 heavy (non-hydrogen) atoms. The summed E-state index contributed by atoms with van der Waals surface area (Å²) in [6.07, 6.45) is 0. The van der Waals surface area contributed by atoms with Gasteiger partial charge in [-0.2, -0.15) is 0 Å². The molecule has 0 aromatic rings. The first-order valence-corrected chi connectivity index (χ1v) is 2.69. The molecule has 0 spiro atoms. The van der Waals surface area contributed by atoms with Gasteiger partial charge in [0.2, 0.25) is 0 Å². The Morgan fingerprint density at radius 1 is 1.75 bits per heavy atom.